The molecule has 0 amide bonds. The van der Waals surface area contributed by atoms with Crippen molar-refractivity contribution in [1.29, 1.82) is 0 Å². The zero-order valence-corrected chi connectivity index (χ0v) is 20.7. The molecular weight excluding hydrogens is 436 g/mol. The number of nitrogens with zero attached hydrogens (tertiary/aromatic N) is 3. The van der Waals surface area contributed by atoms with Gasteiger partial charge in [-0.15, -0.1) is 0 Å². The van der Waals surface area contributed by atoms with Crippen molar-refractivity contribution in [2.75, 3.05) is 42.9 Å². The van der Waals surface area contributed by atoms with E-state index in [9.17, 15) is 4.79 Å². The average Bonchev–Trinajstić information content (AvgIpc) is 3.30. The molecule has 4 aromatic rings. The molecule has 6 nitrogen and oxygen atoms in total. The second kappa shape index (κ2) is 8.24. The molecular formula is C29H30N4O2. The number of nitrogens with one attached hydrogen (secondary N) is 1. The Kier molecular flexibility index (Phi) is 5.15. The molecule has 0 radical (unpaired) electrons. The largest absolute Gasteiger partial charge is 0.367 e. The molecule has 2 aliphatic rings. The Morgan fingerprint density at radius 3 is 2.34 bits per heavy atom. The van der Waals surface area contributed by atoms with Gasteiger partial charge in [0.05, 0.1) is 22.3 Å². The van der Waals surface area contributed by atoms with Gasteiger partial charge < -0.3 is 19.6 Å². The van der Waals surface area contributed by atoms with Crippen LogP contribution in [0.15, 0.2) is 47.0 Å². The molecule has 1 aromatic heterocycles. The van der Waals surface area contributed by atoms with Crippen molar-refractivity contribution in [2.24, 2.45) is 0 Å². The Labute approximate surface area is 205 Å². The first-order chi connectivity index (χ1) is 17.0. The van der Waals surface area contributed by atoms with Crippen LogP contribution in [0.1, 0.15) is 39.5 Å². The van der Waals surface area contributed by atoms with Crippen LogP contribution in [-0.2, 0) is 0 Å². The van der Waals surface area contributed by atoms with Crippen molar-refractivity contribution in [3.05, 3.63) is 70.3 Å². The zero-order chi connectivity index (χ0) is 24.3. The summed E-state index contributed by atoms with van der Waals surface area (Å²) in [5, 5.41) is 9.00. The van der Waals surface area contributed by atoms with Crippen LogP contribution in [0.3, 0.4) is 0 Å². The number of hydrogen-bond acceptors (Lipinski definition) is 6. The van der Waals surface area contributed by atoms with Crippen molar-refractivity contribution >= 4 is 33.7 Å². The van der Waals surface area contributed by atoms with Crippen molar-refractivity contribution in [2.45, 2.75) is 27.7 Å². The number of aryl methyl sites for hydroxylation is 3. The number of hydrogen-bond donors (Lipinski definition) is 1. The number of aromatic nitrogens is 1. The van der Waals surface area contributed by atoms with Gasteiger partial charge in [-0.25, -0.2) is 0 Å². The molecule has 178 valence electrons. The van der Waals surface area contributed by atoms with E-state index < -0.39 is 0 Å². The first-order valence-electron chi connectivity index (χ1n) is 12.4. The maximum absolute atomic E-state index is 13.9. The fourth-order valence-corrected chi connectivity index (χ4v) is 5.70. The number of piperazine rings is 1. The smallest absolute Gasteiger partial charge is 0.196 e. The van der Waals surface area contributed by atoms with E-state index in [4.69, 9.17) is 4.52 Å². The number of anilines is 3. The van der Waals surface area contributed by atoms with Crippen LogP contribution in [0.2, 0.25) is 0 Å². The summed E-state index contributed by atoms with van der Waals surface area (Å²) in [5.74, 6) is 0.688. The molecule has 0 saturated carbocycles. The Hall–Kier alpha value is -3.64. The van der Waals surface area contributed by atoms with Crippen LogP contribution >= 0.6 is 0 Å². The summed E-state index contributed by atoms with van der Waals surface area (Å²) in [5.41, 5.74) is 9.29. The standard InChI is InChI=1S/C29H30N4O2/c1-5-32-10-12-33(13-11-32)23-16-22(30-26-18(3)14-17(2)15-19(26)4)24-25-27(23)31-35-29(25)21-9-7-6-8-20(21)28(24)34/h6-9,14-16,30H,5,10-13H2,1-4H3. The summed E-state index contributed by atoms with van der Waals surface area (Å²) < 4.78 is 5.95. The molecule has 1 saturated heterocycles. The molecule has 0 bridgehead atoms. The summed E-state index contributed by atoms with van der Waals surface area (Å²) in [4.78, 5) is 18.7. The van der Waals surface area contributed by atoms with Crippen LogP contribution in [0.4, 0.5) is 17.1 Å². The summed E-state index contributed by atoms with van der Waals surface area (Å²) >= 11 is 0. The van der Waals surface area contributed by atoms with E-state index in [0.717, 1.165) is 77.4 Å². The third-order valence-corrected chi connectivity index (χ3v) is 7.48. The highest BCUT2D eigenvalue weighted by Gasteiger charge is 2.34. The van der Waals surface area contributed by atoms with Crippen LogP contribution in [0.5, 0.6) is 0 Å². The number of fused-ring (bicyclic) bond motifs is 2. The van der Waals surface area contributed by atoms with E-state index >= 15 is 0 Å². The van der Waals surface area contributed by atoms with Gasteiger partial charge in [0.1, 0.15) is 5.52 Å². The minimum Gasteiger partial charge on any atom is -0.367 e. The lowest BCUT2D eigenvalue weighted by Gasteiger charge is -2.36. The van der Waals surface area contributed by atoms with E-state index in [0.29, 0.717) is 16.9 Å². The van der Waals surface area contributed by atoms with Crippen molar-refractivity contribution < 1.29 is 9.32 Å². The fraction of sp³-hybridized carbons (Fsp3) is 0.310. The van der Waals surface area contributed by atoms with Crippen LogP contribution in [-0.4, -0.2) is 48.6 Å². The first kappa shape index (κ1) is 21.9. The zero-order valence-electron chi connectivity index (χ0n) is 20.7. The number of carbonyl (C=O) groups is 1. The second-order valence-corrected chi connectivity index (χ2v) is 9.75. The fourth-order valence-electron chi connectivity index (χ4n) is 5.70. The average molecular weight is 467 g/mol. The molecule has 1 aliphatic carbocycles. The number of likely N-dealkylation sites (N-methyl/N-ethyl adjacent to an activating group) is 1. The summed E-state index contributed by atoms with van der Waals surface area (Å²) in [6.45, 7) is 13.4. The Bertz CT molecular complexity index is 1450. The summed E-state index contributed by atoms with van der Waals surface area (Å²) in [7, 11) is 0. The highest BCUT2D eigenvalue weighted by molar-refractivity contribution is 6.28. The van der Waals surface area contributed by atoms with E-state index in [2.05, 4.69) is 66.2 Å². The van der Waals surface area contributed by atoms with E-state index in [1.165, 1.54) is 5.56 Å². The molecule has 3 aromatic carbocycles. The molecule has 0 unspecified atom stereocenters. The maximum Gasteiger partial charge on any atom is 0.196 e. The number of benzene rings is 3. The Balaban J connectivity index is 1.58. The minimum absolute atomic E-state index is 0.00794. The molecule has 1 N–H and O–H groups in total. The third-order valence-electron chi connectivity index (χ3n) is 7.48. The lowest BCUT2D eigenvalue weighted by atomic mass is 9.86. The lowest BCUT2D eigenvalue weighted by molar-refractivity contribution is 0.104. The predicted octanol–water partition coefficient (Wildman–Crippen LogP) is 5.85. The van der Waals surface area contributed by atoms with Gasteiger partial charge >= 0.3 is 0 Å². The molecule has 0 spiro atoms. The van der Waals surface area contributed by atoms with Gasteiger partial charge in [0.2, 0.25) is 0 Å². The topological polar surface area (TPSA) is 61.6 Å². The Morgan fingerprint density at radius 2 is 1.66 bits per heavy atom. The quantitative estimate of drug-likeness (QED) is 0.359. The Morgan fingerprint density at radius 1 is 0.971 bits per heavy atom. The highest BCUT2D eigenvalue weighted by atomic mass is 16.5. The van der Waals surface area contributed by atoms with E-state index in [1.54, 1.807) is 0 Å². The van der Waals surface area contributed by atoms with Crippen LogP contribution in [0.25, 0.3) is 22.2 Å². The second-order valence-electron chi connectivity index (χ2n) is 9.75. The maximum atomic E-state index is 13.9. The van der Waals surface area contributed by atoms with Crippen molar-refractivity contribution in [3.8, 4) is 11.3 Å². The summed E-state index contributed by atoms with van der Waals surface area (Å²) in [6, 6.07) is 14.1. The lowest BCUT2D eigenvalue weighted by Crippen LogP contribution is -2.46. The molecule has 1 fully saturated rings. The van der Waals surface area contributed by atoms with Gasteiger partial charge in [-0.2, -0.15) is 0 Å². The van der Waals surface area contributed by atoms with Gasteiger partial charge in [0.25, 0.3) is 0 Å². The molecule has 6 heteroatoms. The molecule has 2 heterocycles. The van der Waals surface area contributed by atoms with E-state index in [-0.39, 0.29) is 5.78 Å². The van der Waals surface area contributed by atoms with E-state index in [1.807, 2.05) is 24.3 Å². The first-order valence-corrected chi connectivity index (χ1v) is 12.4. The van der Waals surface area contributed by atoms with Crippen molar-refractivity contribution in [3.63, 3.8) is 0 Å². The van der Waals surface area contributed by atoms with Gasteiger partial charge in [-0.3, -0.25) is 4.79 Å². The van der Waals surface area contributed by atoms with Gasteiger partial charge in [-0.1, -0.05) is 54.0 Å². The number of rotatable bonds is 4. The van der Waals surface area contributed by atoms with Gasteiger partial charge in [-0.05, 0) is 44.5 Å². The number of ketones is 1. The van der Waals surface area contributed by atoms with Gasteiger partial charge in [0.15, 0.2) is 11.5 Å². The molecule has 35 heavy (non-hydrogen) atoms. The molecule has 0 atom stereocenters. The molecule has 6 rings (SSSR count). The number of carbonyl (C=O) groups excluding carboxylic acids is 1. The van der Waals surface area contributed by atoms with Crippen LogP contribution < -0.4 is 10.2 Å². The van der Waals surface area contributed by atoms with Gasteiger partial charge in [0, 0.05) is 43.0 Å². The van der Waals surface area contributed by atoms with Crippen molar-refractivity contribution in [1.82, 2.24) is 10.1 Å². The predicted molar refractivity (Wildman–Crippen MR) is 141 cm³/mol. The monoisotopic (exact) mass is 466 g/mol. The minimum atomic E-state index is 0.00794. The van der Waals surface area contributed by atoms with Crippen LogP contribution in [0, 0.1) is 20.8 Å². The highest BCUT2D eigenvalue weighted by Crippen LogP contribution is 2.46. The summed E-state index contributed by atoms with van der Waals surface area (Å²) in [6.07, 6.45) is 0. The normalized spacial score (nSPS) is 15.5. The molecule has 1 aliphatic heterocycles. The SMILES string of the molecule is CCN1CCN(c2cc(Nc3c(C)cc(C)cc3C)c3c4c(onc24)-c2ccccc2C3=O)CC1. The third kappa shape index (κ3) is 3.43.